The number of pyridine rings is 1. The topological polar surface area (TPSA) is 38.9 Å². The lowest BCUT2D eigenvalue weighted by molar-refractivity contribution is 1.19. The first-order valence-electron chi connectivity index (χ1n) is 5.80. The van der Waals surface area contributed by atoms with Crippen molar-refractivity contribution in [1.82, 2.24) is 4.98 Å². The van der Waals surface area contributed by atoms with Crippen LogP contribution in [0.5, 0.6) is 0 Å². The zero-order valence-electron chi connectivity index (χ0n) is 10.8. The molecule has 0 aliphatic heterocycles. The predicted molar refractivity (Wildman–Crippen MR) is 73.0 cm³/mol. The average Bonchev–Trinajstić information content (AvgIpc) is 2.21. The molecule has 1 aromatic heterocycles. The highest BCUT2D eigenvalue weighted by molar-refractivity contribution is 5.69. The summed E-state index contributed by atoms with van der Waals surface area (Å²) < 4.78 is 0. The molecule has 0 unspecified atom stereocenters. The fourth-order valence-electron chi connectivity index (χ4n) is 2.30. The van der Waals surface area contributed by atoms with Gasteiger partial charge in [-0.15, -0.1) is 0 Å². The molecule has 0 amide bonds. The van der Waals surface area contributed by atoms with Gasteiger partial charge in [0.1, 0.15) is 0 Å². The molecule has 1 heterocycles. The van der Waals surface area contributed by atoms with Crippen LogP contribution in [0.15, 0.2) is 24.3 Å². The van der Waals surface area contributed by atoms with Crippen molar-refractivity contribution < 1.29 is 0 Å². The minimum Gasteiger partial charge on any atom is -0.397 e. The van der Waals surface area contributed by atoms with Gasteiger partial charge in [0.15, 0.2) is 0 Å². The molecule has 2 nitrogen and oxygen atoms in total. The van der Waals surface area contributed by atoms with E-state index in [9.17, 15) is 0 Å². The Labute approximate surface area is 103 Å². The molecule has 0 aliphatic rings. The number of hydrogen-bond donors (Lipinski definition) is 1. The van der Waals surface area contributed by atoms with E-state index in [1.807, 2.05) is 19.1 Å². The van der Waals surface area contributed by atoms with Gasteiger partial charge in [-0.05, 0) is 51.0 Å². The van der Waals surface area contributed by atoms with E-state index >= 15 is 0 Å². The molecule has 0 saturated carbocycles. The highest BCUT2D eigenvalue weighted by atomic mass is 14.7. The van der Waals surface area contributed by atoms with Crippen molar-refractivity contribution in [1.29, 1.82) is 0 Å². The Morgan fingerprint density at radius 2 is 1.53 bits per heavy atom. The van der Waals surface area contributed by atoms with Crippen LogP contribution in [0.4, 0.5) is 5.69 Å². The number of nitrogens with zero attached hydrogens (tertiary/aromatic N) is 1. The molecule has 0 atom stereocenters. The third kappa shape index (κ3) is 2.16. The van der Waals surface area contributed by atoms with Crippen LogP contribution in [-0.4, -0.2) is 4.98 Å². The molecule has 88 valence electrons. The molecule has 1 aromatic carbocycles. The molecule has 0 radical (unpaired) electrons. The lowest BCUT2D eigenvalue weighted by Gasteiger charge is -2.12. The Morgan fingerprint density at radius 3 is 2.06 bits per heavy atom. The van der Waals surface area contributed by atoms with Gasteiger partial charge >= 0.3 is 0 Å². The third-order valence-corrected chi connectivity index (χ3v) is 3.06. The molecule has 2 aromatic rings. The molecule has 2 rings (SSSR count). The van der Waals surface area contributed by atoms with Crippen LogP contribution in [0.3, 0.4) is 0 Å². The monoisotopic (exact) mass is 226 g/mol. The normalized spacial score (nSPS) is 10.6. The second kappa shape index (κ2) is 4.21. The van der Waals surface area contributed by atoms with Gasteiger partial charge in [-0.2, -0.15) is 0 Å². The molecule has 17 heavy (non-hydrogen) atoms. The summed E-state index contributed by atoms with van der Waals surface area (Å²) in [5, 5.41) is 0. The SMILES string of the molecule is Cc1cc(C)c(-c2ccc(N)c(C)n2)c(C)c1. The van der Waals surface area contributed by atoms with Gasteiger partial charge in [-0.25, -0.2) is 0 Å². The van der Waals surface area contributed by atoms with Gasteiger partial charge in [0, 0.05) is 5.56 Å². The summed E-state index contributed by atoms with van der Waals surface area (Å²) in [7, 11) is 0. The maximum atomic E-state index is 5.80. The number of aromatic nitrogens is 1. The Balaban J connectivity index is 2.64. The van der Waals surface area contributed by atoms with E-state index in [0.717, 1.165) is 17.1 Å². The third-order valence-electron chi connectivity index (χ3n) is 3.06. The minimum atomic E-state index is 0.746. The second-order valence-corrected chi connectivity index (χ2v) is 4.64. The van der Waals surface area contributed by atoms with Crippen molar-refractivity contribution in [2.45, 2.75) is 27.7 Å². The van der Waals surface area contributed by atoms with E-state index in [2.05, 4.69) is 37.9 Å². The van der Waals surface area contributed by atoms with E-state index in [1.54, 1.807) is 0 Å². The fourth-order valence-corrected chi connectivity index (χ4v) is 2.30. The van der Waals surface area contributed by atoms with Gasteiger partial charge in [-0.3, -0.25) is 4.98 Å². The maximum Gasteiger partial charge on any atom is 0.0712 e. The fraction of sp³-hybridized carbons (Fsp3) is 0.267. The lowest BCUT2D eigenvalue weighted by Crippen LogP contribution is -1.97. The number of rotatable bonds is 1. The van der Waals surface area contributed by atoms with E-state index in [1.165, 1.54) is 22.3 Å². The Bertz CT molecular complexity index is 548. The van der Waals surface area contributed by atoms with E-state index in [-0.39, 0.29) is 0 Å². The highest BCUT2D eigenvalue weighted by Crippen LogP contribution is 2.27. The lowest BCUT2D eigenvalue weighted by atomic mass is 9.97. The van der Waals surface area contributed by atoms with E-state index in [0.29, 0.717) is 0 Å². The zero-order valence-corrected chi connectivity index (χ0v) is 10.8. The number of anilines is 1. The van der Waals surface area contributed by atoms with Crippen LogP contribution in [0.25, 0.3) is 11.3 Å². The van der Waals surface area contributed by atoms with Crippen molar-refractivity contribution in [2.75, 3.05) is 5.73 Å². The molecule has 0 spiro atoms. The smallest absolute Gasteiger partial charge is 0.0712 e. The van der Waals surface area contributed by atoms with Crippen molar-refractivity contribution in [2.24, 2.45) is 0 Å². The van der Waals surface area contributed by atoms with Crippen LogP contribution in [0.1, 0.15) is 22.4 Å². The van der Waals surface area contributed by atoms with Crippen LogP contribution in [-0.2, 0) is 0 Å². The summed E-state index contributed by atoms with van der Waals surface area (Å²) in [6.07, 6.45) is 0. The number of aryl methyl sites for hydroxylation is 4. The zero-order chi connectivity index (χ0) is 12.6. The van der Waals surface area contributed by atoms with E-state index < -0.39 is 0 Å². The van der Waals surface area contributed by atoms with Gasteiger partial charge in [0.2, 0.25) is 0 Å². The van der Waals surface area contributed by atoms with Gasteiger partial charge in [-0.1, -0.05) is 17.7 Å². The molecule has 0 saturated heterocycles. The van der Waals surface area contributed by atoms with Crippen molar-refractivity contribution in [3.63, 3.8) is 0 Å². The molecule has 2 heteroatoms. The number of nitrogen functional groups attached to an aromatic ring is 1. The predicted octanol–water partition coefficient (Wildman–Crippen LogP) is 3.56. The summed E-state index contributed by atoms with van der Waals surface area (Å²) in [6.45, 7) is 8.31. The number of benzene rings is 1. The Kier molecular flexibility index (Phi) is 2.88. The molecule has 0 fully saturated rings. The summed E-state index contributed by atoms with van der Waals surface area (Å²) >= 11 is 0. The summed E-state index contributed by atoms with van der Waals surface area (Å²) in [5.74, 6) is 0. The van der Waals surface area contributed by atoms with Crippen LogP contribution in [0.2, 0.25) is 0 Å². The number of hydrogen-bond acceptors (Lipinski definition) is 2. The van der Waals surface area contributed by atoms with E-state index in [4.69, 9.17) is 5.73 Å². The molecular weight excluding hydrogens is 208 g/mol. The average molecular weight is 226 g/mol. The standard InChI is InChI=1S/C15H18N2/c1-9-7-10(2)15(11(3)8-9)14-6-5-13(16)12(4)17-14/h5-8H,16H2,1-4H3. The van der Waals surface area contributed by atoms with Crippen LogP contribution >= 0.6 is 0 Å². The molecular formula is C15H18N2. The Morgan fingerprint density at radius 1 is 0.941 bits per heavy atom. The molecule has 0 aliphatic carbocycles. The van der Waals surface area contributed by atoms with Gasteiger partial charge in [0.25, 0.3) is 0 Å². The summed E-state index contributed by atoms with van der Waals surface area (Å²) in [5.41, 5.74) is 13.5. The first-order valence-corrected chi connectivity index (χ1v) is 5.80. The largest absolute Gasteiger partial charge is 0.397 e. The molecule has 0 bridgehead atoms. The summed E-state index contributed by atoms with van der Waals surface area (Å²) in [6, 6.07) is 8.30. The van der Waals surface area contributed by atoms with Gasteiger partial charge in [0.05, 0.1) is 17.1 Å². The van der Waals surface area contributed by atoms with Crippen LogP contribution < -0.4 is 5.73 Å². The summed E-state index contributed by atoms with van der Waals surface area (Å²) in [4.78, 5) is 4.57. The maximum absolute atomic E-state index is 5.80. The van der Waals surface area contributed by atoms with Crippen molar-refractivity contribution >= 4 is 5.69 Å². The van der Waals surface area contributed by atoms with Gasteiger partial charge < -0.3 is 5.73 Å². The second-order valence-electron chi connectivity index (χ2n) is 4.64. The van der Waals surface area contributed by atoms with Crippen molar-refractivity contribution in [3.05, 3.63) is 46.6 Å². The van der Waals surface area contributed by atoms with Crippen molar-refractivity contribution in [3.8, 4) is 11.3 Å². The first kappa shape index (κ1) is 11.6. The number of nitrogens with two attached hydrogens (primary N) is 1. The molecule has 2 N–H and O–H groups in total. The quantitative estimate of drug-likeness (QED) is 0.807. The Hall–Kier alpha value is -1.83. The first-order chi connectivity index (χ1) is 7.99. The highest BCUT2D eigenvalue weighted by Gasteiger charge is 2.08. The van der Waals surface area contributed by atoms with Crippen LogP contribution in [0, 0.1) is 27.7 Å². The minimum absolute atomic E-state index is 0.746.